The summed E-state index contributed by atoms with van der Waals surface area (Å²) < 4.78 is 0. The van der Waals surface area contributed by atoms with Crippen molar-refractivity contribution in [1.82, 2.24) is 0 Å². The maximum atomic E-state index is 9.41. The van der Waals surface area contributed by atoms with Gasteiger partial charge in [-0.3, -0.25) is 0 Å². The molecule has 10 heavy (non-hydrogen) atoms. The van der Waals surface area contributed by atoms with Gasteiger partial charge in [-0.15, -0.1) is 6.58 Å². The second-order valence-electron chi connectivity index (χ2n) is 3.16. The van der Waals surface area contributed by atoms with Crippen LogP contribution in [-0.2, 0) is 0 Å². The maximum Gasteiger partial charge on any atom is 0.0744 e. The second-order valence-corrected chi connectivity index (χ2v) is 3.16. The predicted octanol–water partition coefficient (Wildman–Crippen LogP) is 1.05. The summed E-state index contributed by atoms with van der Waals surface area (Å²) in [5.41, 5.74) is 5.69. The van der Waals surface area contributed by atoms with E-state index in [1.54, 1.807) is 6.92 Å². The molecule has 0 radical (unpaired) electrons. The van der Waals surface area contributed by atoms with Crippen molar-refractivity contribution in [2.24, 2.45) is 5.73 Å². The third kappa shape index (κ3) is 4.53. The fraction of sp³-hybridized carbons (Fsp3) is 0.750. The summed E-state index contributed by atoms with van der Waals surface area (Å²) >= 11 is 0. The minimum atomic E-state index is -0.709. The third-order valence-corrected chi connectivity index (χ3v) is 1.53. The van der Waals surface area contributed by atoms with Gasteiger partial charge in [0.2, 0.25) is 0 Å². The summed E-state index contributed by atoms with van der Waals surface area (Å²) in [5.74, 6) is 0. The van der Waals surface area contributed by atoms with Gasteiger partial charge >= 0.3 is 0 Å². The van der Waals surface area contributed by atoms with Crippen LogP contribution >= 0.6 is 0 Å². The van der Waals surface area contributed by atoms with E-state index < -0.39 is 5.60 Å². The molecule has 60 valence electrons. The van der Waals surface area contributed by atoms with Gasteiger partial charge in [-0.05, 0) is 26.7 Å². The molecule has 0 aliphatic heterocycles. The first-order valence-corrected chi connectivity index (χ1v) is 3.55. The second kappa shape index (κ2) is 3.74. The molecule has 2 nitrogen and oxygen atoms in total. The van der Waals surface area contributed by atoms with E-state index in [-0.39, 0.29) is 0 Å². The Kier molecular flexibility index (Phi) is 3.61. The van der Waals surface area contributed by atoms with E-state index >= 15 is 0 Å². The minimum Gasteiger partial charge on any atom is -0.389 e. The predicted molar refractivity (Wildman–Crippen MR) is 43.7 cm³/mol. The van der Waals surface area contributed by atoms with Gasteiger partial charge in [0.1, 0.15) is 0 Å². The molecule has 0 bridgehead atoms. The molecule has 0 aliphatic carbocycles. The lowest BCUT2D eigenvalue weighted by Crippen LogP contribution is -2.33. The first-order chi connectivity index (χ1) is 4.48. The van der Waals surface area contributed by atoms with E-state index in [4.69, 9.17) is 5.73 Å². The Morgan fingerprint density at radius 2 is 2.20 bits per heavy atom. The van der Waals surface area contributed by atoms with Crippen LogP contribution in [0, 0.1) is 0 Å². The summed E-state index contributed by atoms with van der Waals surface area (Å²) in [5, 5.41) is 9.41. The average molecular weight is 143 g/mol. The molecule has 0 rings (SSSR count). The van der Waals surface area contributed by atoms with Crippen molar-refractivity contribution in [3.8, 4) is 0 Å². The van der Waals surface area contributed by atoms with Crippen LogP contribution in [0.25, 0.3) is 0 Å². The number of allylic oxidation sites excluding steroid dienone is 1. The van der Waals surface area contributed by atoms with Crippen LogP contribution in [0.2, 0.25) is 0 Å². The Balaban J connectivity index is 3.56. The van der Waals surface area contributed by atoms with Crippen molar-refractivity contribution < 1.29 is 5.11 Å². The Hall–Kier alpha value is -0.340. The monoisotopic (exact) mass is 143 g/mol. The van der Waals surface area contributed by atoms with Crippen molar-refractivity contribution in [2.45, 2.75) is 32.3 Å². The highest BCUT2D eigenvalue weighted by molar-refractivity contribution is 4.90. The Morgan fingerprint density at radius 3 is 2.50 bits per heavy atom. The molecule has 0 saturated heterocycles. The standard InChI is InChI=1S/C8H17NO/c1-7(2)4-5-8(3,10)6-9/h10H,1,4-6,9H2,2-3H3. The topological polar surface area (TPSA) is 46.2 Å². The largest absolute Gasteiger partial charge is 0.389 e. The smallest absolute Gasteiger partial charge is 0.0744 e. The number of hydrogen-bond acceptors (Lipinski definition) is 2. The SMILES string of the molecule is C=C(C)CCC(C)(O)CN. The zero-order valence-electron chi connectivity index (χ0n) is 6.85. The van der Waals surface area contributed by atoms with Crippen LogP contribution in [-0.4, -0.2) is 17.3 Å². The summed E-state index contributed by atoms with van der Waals surface area (Å²) in [6.45, 7) is 7.76. The highest BCUT2D eigenvalue weighted by Crippen LogP contribution is 2.13. The Labute approximate surface area is 62.7 Å². The van der Waals surface area contributed by atoms with E-state index in [2.05, 4.69) is 6.58 Å². The van der Waals surface area contributed by atoms with Crippen LogP contribution in [0.15, 0.2) is 12.2 Å². The Bertz CT molecular complexity index is 118. The maximum absolute atomic E-state index is 9.41. The van der Waals surface area contributed by atoms with Crippen molar-refractivity contribution >= 4 is 0 Å². The summed E-state index contributed by atoms with van der Waals surface area (Å²) in [6, 6.07) is 0. The number of hydrogen-bond donors (Lipinski definition) is 2. The van der Waals surface area contributed by atoms with Crippen LogP contribution in [0.3, 0.4) is 0 Å². The van der Waals surface area contributed by atoms with E-state index in [1.165, 1.54) is 0 Å². The first kappa shape index (κ1) is 9.66. The van der Waals surface area contributed by atoms with E-state index in [0.29, 0.717) is 13.0 Å². The fourth-order valence-corrected chi connectivity index (χ4v) is 0.585. The van der Waals surface area contributed by atoms with Crippen LogP contribution in [0.4, 0.5) is 0 Å². The average Bonchev–Trinajstić information content (AvgIpc) is 1.85. The molecule has 2 heteroatoms. The molecule has 0 aromatic rings. The van der Waals surface area contributed by atoms with Crippen LogP contribution < -0.4 is 5.73 Å². The molecule has 0 amide bonds. The highest BCUT2D eigenvalue weighted by Gasteiger charge is 2.16. The number of aliphatic hydroxyl groups is 1. The minimum absolute atomic E-state index is 0.320. The molecule has 1 atom stereocenters. The summed E-state index contributed by atoms with van der Waals surface area (Å²) in [6.07, 6.45) is 1.56. The molecular formula is C8H17NO. The van der Waals surface area contributed by atoms with Gasteiger partial charge in [-0.2, -0.15) is 0 Å². The van der Waals surface area contributed by atoms with Crippen molar-refractivity contribution in [3.05, 3.63) is 12.2 Å². The van der Waals surface area contributed by atoms with E-state index in [9.17, 15) is 5.11 Å². The van der Waals surface area contributed by atoms with Gasteiger partial charge in [0.25, 0.3) is 0 Å². The highest BCUT2D eigenvalue weighted by atomic mass is 16.3. The van der Waals surface area contributed by atoms with Gasteiger partial charge in [-0.25, -0.2) is 0 Å². The molecule has 0 heterocycles. The van der Waals surface area contributed by atoms with Crippen molar-refractivity contribution in [3.63, 3.8) is 0 Å². The normalized spacial score (nSPS) is 16.4. The van der Waals surface area contributed by atoms with Crippen molar-refractivity contribution in [2.75, 3.05) is 6.54 Å². The number of nitrogens with two attached hydrogens (primary N) is 1. The van der Waals surface area contributed by atoms with Gasteiger partial charge in [-0.1, -0.05) is 5.57 Å². The molecule has 3 N–H and O–H groups in total. The fourth-order valence-electron chi connectivity index (χ4n) is 0.585. The van der Waals surface area contributed by atoms with Gasteiger partial charge in [0.15, 0.2) is 0 Å². The first-order valence-electron chi connectivity index (χ1n) is 3.55. The van der Waals surface area contributed by atoms with Gasteiger partial charge in [0, 0.05) is 6.54 Å². The quantitative estimate of drug-likeness (QED) is 0.578. The molecule has 0 aliphatic rings. The van der Waals surface area contributed by atoms with E-state index in [0.717, 1.165) is 12.0 Å². The Morgan fingerprint density at radius 1 is 1.70 bits per heavy atom. The van der Waals surface area contributed by atoms with Gasteiger partial charge in [0.05, 0.1) is 5.60 Å². The third-order valence-electron chi connectivity index (χ3n) is 1.53. The van der Waals surface area contributed by atoms with Crippen LogP contribution in [0.5, 0.6) is 0 Å². The zero-order chi connectivity index (χ0) is 8.20. The molecule has 0 spiro atoms. The summed E-state index contributed by atoms with van der Waals surface area (Å²) in [4.78, 5) is 0. The zero-order valence-corrected chi connectivity index (χ0v) is 6.85. The van der Waals surface area contributed by atoms with Crippen LogP contribution in [0.1, 0.15) is 26.7 Å². The summed E-state index contributed by atoms with van der Waals surface area (Å²) in [7, 11) is 0. The van der Waals surface area contributed by atoms with E-state index in [1.807, 2.05) is 6.92 Å². The molecule has 0 fully saturated rings. The lowest BCUT2D eigenvalue weighted by atomic mass is 9.98. The molecule has 0 aromatic carbocycles. The molecule has 1 unspecified atom stereocenters. The van der Waals surface area contributed by atoms with Crippen molar-refractivity contribution in [1.29, 1.82) is 0 Å². The molecule has 0 aromatic heterocycles. The number of rotatable bonds is 4. The molecular weight excluding hydrogens is 126 g/mol. The molecule has 0 saturated carbocycles. The lowest BCUT2D eigenvalue weighted by Gasteiger charge is -2.20. The lowest BCUT2D eigenvalue weighted by molar-refractivity contribution is 0.0603. The van der Waals surface area contributed by atoms with Gasteiger partial charge < -0.3 is 10.8 Å².